The predicted molar refractivity (Wildman–Crippen MR) is 101 cm³/mol. The summed E-state index contributed by atoms with van der Waals surface area (Å²) >= 11 is 0. The number of benzene rings is 1. The van der Waals surface area contributed by atoms with Crippen molar-refractivity contribution in [3.63, 3.8) is 0 Å². The van der Waals surface area contributed by atoms with Gasteiger partial charge >= 0.3 is 0 Å². The Hall–Kier alpha value is -1.77. The molecule has 2 aromatic rings. The van der Waals surface area contributed by atoms with Gasteiger partial charge in [0.1, 0.15) is 5.58 Å². The number of carbonyl (C=O) groups excluding carboxylic acids is 1. The van der Waals surface area contributed by atoms with E-state index in [-0.39, 0.29) is 11.3 Å². The molecule has 2 aliphatic carbocycles. The molecule has 0 saturated heterocycles. The summed E-state index contributed by atoms with van der Waals surface area (Å²) in [5.74, 6) is 0.861. The molecule has 134 valence electrons. The van der Waals surface area contributed by atoms with E-state index < -0.39 is 0 Å². The van der Waals surface area contributed by atoms with Gasteiger partial charge in [0.15, 0.2) is 0 Å². The largest absolute Gasteiger partial charge is 0.464 e. The summed E-state index contributed by atoms with van der Waals surface area (Å²) in [5.41, 5.74) is 4.79. The zero-order valence-corrected chi connectivity index (χ0v) is 16.0. The first-order valence-electron chi connectivity index (χ1n) is 9.49. The van der Waals surface area contributed by atoms with Crippen molar-refractivity contribution in [1.29, 1.82) is 0 Å². The van der Waals surface area contributed by atoms with Crippen LogP contribution < -0.4 is 5.32 Å². The Bertz CT molecular complexity index is 847. The first-order chi connectivity index (χ1) is 11.7. The van der Waals surface area contributed by atoms with Gasteiger partial charge in [-0.05, 0) is 67.1 Å². The second-order valence-electron chi connectivity index (χ2n) is 9.12. The van der Waals surface area contributed by atoms with Crippen molar-refractivity contribution in [2.45, 2.75) is 66.3 Å². The average Bonchev–Trinajstić information content (AvgIpc) is 3.06. The summed E-state index contributed by atoms with van der Waals surface area (Å²) in [6, 6.07) is 4.50. The Morgan fingerprint density at radius 2 is 2.04 bits per heavy atom. The van der Waals surface area contributed by atoms with Gasteiger partial charge in [0, 0.05) is 17.0 Å². The highest BCUT2D eigenvalue weighted by Gasteiger charge is 2.61. The summed E-state index contributed by atoms with van der Waals surface area (Å²) in [4.78, 5) is 12.8. The van der Waals surface area contributed by atoms with Crippen LogP contribution in [0.2, 0.25) is 0 Å². The van der Waals surface area contributed by atoms with E-state index in [1.165, 1.54) is 24.0 Å². The van der Waals surface area contributed by atoms with Crippen LogP contribution in [0.1, 0.15) is 56.7 Å². The second kappa shape index (κ2) is 5.36. The van der Waals surface area contributed by atoms with Crippen molar-refractivity contribution in [2.24, 2.45) is 16.7 Å². The topological polar surface area (TPSA) is 42.2 Å². The van der Waals surface area contributed by atoms with Gasteiger partial charge in [-0.1, -0.05) is 26.8 Å². The van der Waals surface area contributed by atoms with E-state index in [2.05, 4.69) is 46.0 Å². The van der Waals surface area contributed by atoms with E-state index >= 15 is 0 Å². The van der Waals surface area contributed by atoms with E-state index in [0.29, 0.717) is 17.9 Å². The molecular weight excluding hydrogens is 310 g/mol. The number of rotatable bonds is 3. The molecule has 1 aromatic carbocycles. The molecular formula is C22H29NO2. The smallest absolute Gasteiger partial charge is 0.224 e. The summed E-state index contributed by atoms with van der Waals surface area (Å²) in [6.45, 7) is 11.3. The Morgan fingerprint density at radius 3 is 2.68 bits per heavy atom. The monoisotopic (exact) mass is 339 g/mol. The zero-order valence-electron chi connectivity index (χ0n) is 16.0. The highest BCUT2D eigenvalue weighted by atomic mass is 16.3. The molecule has 4 rings (SSSR count). The molecule has 3 heteroatoms. The number of furan rings is 1. The number of aryl methyl sites for hydroxylation is 2. The number of amides is 1. The minimum absolute atomic E-state index is 0.122. The normalized spacial score (nSPS) is 30.1. The van der Waals surface area contributed by atoms with Crippen LogP contribution in [0.4, 0.5) is 0 Å². The van der Waals surface area contributed by atoms with Gasteiger partial charge in [-0.2, -0.15) is 0 Å². The third kappa shape index (κ3) is 2.35. The van der Waals surface area contributed by atoms with Crippen molar-refractivity contribution < 1.29 is 9.21 Å². The summed E-state index contributed by atoms with van der Waals surface area (Å²) in [6.07, 6.45) is 5.81. The fraction of sp³-hybridized carbons (Fsp3) is 0.591. The molecule has 3 unspecified atom stereocenters. The van der Waals surface area contributed by atoms with Gasteiger partial charge in [0.2, 0.25) is 5.91 Å². The molecule has 2 fully saturated rings. The van der Waals surface area contributed by atoms with E-state index in [1.807, 2.05) is 6.07 Å². The van der Waals surface area contributed by atoms with E-state index in [1.54, 1.807) is 6.26 Å². The maximum atomic E-state index is 12.8. The summed E-state index contributed by atoms with van der Waals surface area (Å²) in [5, 5.41) is 4.46. The minimum Gasteiger partial charge on any atom is -0.464 e. The van der Waals surface area contributed by atoms with Crippen LogP contribution in [0.15, 0.2) is 22.8 Å². The lowest BCUT2D eigenvalue weighted by atomic mass is 9.69. The summed E-state index contributed by atoms with van der Waals surface area (Å²) < 4.78 is 5.70. The van der Waals surface area contributed by atoms with Crippen LogP contribution >= 0.6 is 0 Å². The highest BCUT2D eigenvalue weighted by molar-refractivity contribution is 5.90. The molecule has 3 nitrogen and oxygen atoms in total. The van der Waals surface area contributed by atoms with Gasteiger partial charge in [0.25, 0.3) is 0 Å². The van der Waals surface area contributed by atoms with Gasteiger partial charge < -0.3 is 9.73 Å². The van der Waals surface area contributed by atoms with Gasteiger partial charge in [-0.25, -0.2) is 0 Å². The van der Waals surface area contributed by atoms with Crippen LogP contribution in [0.3, 0.4) is 0 Å². The van der Waals surface area contributed by atoms with Crippen molar-refractivity contribution >= 4 is 16.9 Å². The maximum absolute atomic E-state index is 12.8. The van der Waals surface area contributed by atoms with E-state index in [9.17, 15) is 4.79 Å². The van der Waals surface area contributed by atoms with Crippen molar-refractivity contribution in [2.75, 3.05) is 0 Å². The first kappa shape index (κ1) is 16.7. The molecule has 2 bridgehead atoms. The lowest BCUT2D eigenvalue weighted by Gasteiger charge is -2.39. The highest BCUT2D eigenvalue weighted by Crippen LogP contribution is 2.65. The number of hydrogen-bond acceptors (Lipinski definition) is 2. The number of hydrogen-bond donors (Lipinski definition) is 1. The average molecular weight is 339 g/mol. The van der Waals surface area contributed by atoms with Crippen LogP contribution in [0.5, 0.6) is 0 Å². The fourth-order valence-corrected chi connectivity index (χ4v) is 5.60. The van der Waals surface area contributed by atoms with Crippen molar-refractivity contribution in [1.82, 2.24) is 5.32 Å². The van der Waals surface area contributed by atoms with Crippen LogP contribution in [-0.4, -0.2) is 11.9 Å². The molecule has 0 radical (unpaired) electrons. The lowest BCUT2D eigenvalue weighted by Crippen LogP contribution is -2.47. The third-order valence-corrected chi connectivity index (χ3v) is 7.57. The standard InChI is InChI=1S/C22H29NO2/c1-13-8-14(2)20-15(12-25-17(20)9-13)10-19(24)23-18-11-16-6-7-22(18,5)21(16,3)4/h8-9,12,16,18H,6-7,10-11H2,1-5H3,(H,23,24). The SMILES string of the molecule is Cc1cc(C)c2c(CC(=O)NC3CC4CCC3(C)C4(C)C)coc2c1. The molecule has 1 heterocycles. The fourth-order valence-electron chi connectivity index (χ4n) is 5.60. The van der Waals surface area contributed by atoms with Gasteiger partial charge in [0.05, 0.1) is 12.7 Å². The maximum Gasteiger partial charge on any atom is 0.224 e. The number of carbonyl (C=O) groups is 1. The van der Waals surface area contributed by atoms with Crippen LogP contribution in [0, 0.1) is 30.6 Å². The van der Waals surface area contributed by atoms with Crippen LogP contribution in [0.25, 0.3) is 11.0 Å². The molecule has 25 heavy (non-hydrogen) atoms. The molecule has 0 spiro atoms. The quantitative estimate of drug-likeness (QED) is 0.862. The Kier molecular flexibility index (Phi) is 3.58. The molecule has 0 aliphatic heterocycles. The van der Waals surface area contributed by atoms with Gasteiger partial charge in [-0.15, -0.1) is 0 Å². The first-order valence-corrected chi connectivity index (χ1v) is 9.49. The molecule has 2 aliphatic rings. The Labute approximate surface area is 150 Å². The van der Waals surface area contributed by atoms with Crippen LogP contribution in [-0.2, 0) is 11.2 Å². The number of nitrogens with one attached hydrogen (secondary N) is 1. The molecule has 1 aromatic heterocycles. The third-order valence-electron chi connectivity index (χ3n) is 7.57. The lowest BCUT2D eigenvalue weighted by molar-refractivity contribution is -0.122. The molecule has 3 atom stereocenters. The molecule has 2 saturated carbocycles. The van der Waals surface area contributed by atoms with E-state index in [0.717, 1.165) is 28.9 Å². The predicted octanol–water partition coefficient (Wildman–Crippen LogP) is 4.92. The zero-order chi connectivity index (χ0) is 18.0. The Balaban J connectivity index is 1.53. The van der Waals surface area contributed by atoms with Crippen molar-refractivity contribution in [3.05, 3.63) is 35.1 Å². The number of fused-ring (bicyclic) bond motifs is 3. The summed E-state index contributed by atoms with van der Waals surface area (Å²) in [7, 11) is 0. The Morgan fingerprint density at radius 1 is 1.28 bits per heavy atom. The van der Waals surface area contributed by atoms with E-state index in [4.69, 9.17) is 4.42 Å². The van der Waals surface area contributed by atoms with Crippen molar-refractivity contribution in [3.8, 4) is 0 Å². The van der Waals surface area contributed by atoms with Gasteiger partial charge in [-0.3, -0.25) is 4.79 Å². The minimum atomic E-state index is 0.122. The molecule has 1 amide bonds. The molecule has 1 N–H and O–H groups in total. The second-order valence-corrected chi connectivity index (χ2v) is 9.12.